The molecule has 20 heavy (non-hydrogen) atoms. The first-order valence-corrected chi connectivity index (χ1v) is 7.21. The summed E-state index contributed by atoms with van der Waals surface area (Å²) in [4.78, 5) is 0. The Hall–Kier alpha value is -1.10. The van der Waals surface area contributed by atoms with Crippen LogP contribution in [0.3, 0.4) is 0 Å². The Kier molecular flexibility index (Phi) is 4.68. The van der Waals surface area contributed by atoms with E-state index in [9.17, 15) is 0 Å². The van der Waals surface area contributed by atoms with Gasteiger partial charge in [-0.05, 0) is 12.5 Å². The summed E-state index contributed by atoms with van der Waals surface area (Å²) in [5, 5.41) is 5.42. The lowest BCUT2D eigenvalue weighted by Gasteiger charge is -2.09. The largest absolute Gasteiger partial charge is 0.436 e. The van der Waals surface area contributed by atoms with Crippen molar-refractivity contribution in [2.24, 2.45) is 7.05 Å². The summed E-state index contributed by atoms with van der Waals surface area (Å²) in [6.45, 7) is 2.06. The summed E-state index contributed by atoms with van der Waals surface area (Å²) in [5.74, 6) is 0.826. The fourth-order valence-corrected chi connectivity index (χ4v) is 2.38. The standard InChI is InChI=1S/C13H14Cl3N3O/c1-3-4-10-12(17)13(19(2)18-10)20-11-6-8(15)7(14)5-9(11)16/h5-6H,3-4,17H2,1-2H3. The van der Waals surface area contributed by atoms with Crippen molar-refractivity contribution in [3.8, 4) is 11.6 Å². The van der Waals surface area contributed by atoms with Crippen LogP contribution in [0.5, 0.6) is 11.6 Å². The van der Waals surface area contributed by atoms with Crippen LogP contribution in [0.25, 0.3) is 0 Å². The average Bonchev–Trinajstić information content (AvgIpc) is 2.64. The summed E-state index contributed by atoms with van der Waals surface area (Å²) >= 11 is 17.9. The molecule has 0 radical (unpaired) electrons. The summed E-state index contributed by atoms with van der Waals surface area (Å²) in [7, 11) is 1.76. The maximum absolute atomic E-state index is 6.09. The van der Waals surface area contributed by atoms with Gasteiger partial charge in [0.2, 0.25) is 5.88 Å². The maximum Gasteiger partial charge on any atom is 0.241 e. The smallest absolute Gasteiger partial charge is 0.241 e. The van der Waals surface area contributed by atoms with E-state index in [1.807, 2.05) is 0 Å². The number of aromatic nitrogens is 2. The van der Waals surface area contributed by atoms with Gasteiger partial charge in [-0.2, -0.15) is 5.10 Å². The number of anilines is 1. The molecule has 1 aromatic heterocycles. The molecule has 0 fully saturated rings. The van der Waals surface area contributed by atoms with Gasteiger partial charge in [-0.3, -0.25) is 0 Å². The van der Waals surface area contributed by atoms with Crippen LogP contribution in [-0.2, 0) is 13.5 Å². The number of nitrogen functional groups attached to an aromatic ring is 1. The third-order valence-electron chi connectivity index (χ3n) is 2.77. The van der Waals surface area contributed by atoms with Gasteiger partial charge in [-0.25, -0.2) is 4.68 Å². The van der Waals surface area contributed by atoms with Crippen molar-refractivity contribution in [2.45, 2.75) is 19.8 Å². The number of aryl methyl sites for hydroxylation is 2. The van der Waals surface area contributed by atoms with Crippen molar-refractivity contribution >= 4 is 40.5 Å². The van der Waals surface area contributed by atoms with Crippen LogP contribution in [0, 0.1) is 0 Å². The second-order valence-electron chi connectivity index (χ2n) is 4.34. The number of hydrogen-bond acceptors (Lipinski definition) is 3. The monoisotopic (exact) mass is 333 g/mol. The molecule has 2 N–H and O–H groups in total. The first-order chi connectivity index (χ1) is 9.43. The molecule has 0 spiro atoms. The van der Waals surface area contributed by atoms with Crippen molar-refractivity contribution in [1.82, 2.24) is 9.78 Å². The molecule has 0 saturated carbocycles. The summed E-state index contributed by atoms with van der Waals surface area (Å²) in [6.07, 6.45) is 1.74. The van der Waals surface area contributed by atoms with Crippen molar-refractivity contribution < 1.29 is 4.74 Å². The Morgan fingerprint density at radius 1 is 1.20 bits per heavy atom. The quantitative estimate of drug-likeness (QED) is 0.824. The van der Waals surface area contributed by atoms with Gasteiger partial charge in [0, 0.05) is 13.1 Å². The lowest BCUT2D eigenvalue weighted by atomic mass is 10.2. The van der Waals surface area contributed by atoms with Crippen LogP contribution in [0.4, 0.5) is 5.69 Å². The van der Waals surface area contributed by atoms with Crippen molar-refractivity contribution in [3.63, 3.8) is 0 Å². The Morgan fingerprint density at radius 3 is 2.50 bits per heavy atom. The average molecular weight is 335 g/mol. The number of benzene rings is 1. The van der Waals surface area contributed by atoms with Crippen LogP contribution in [0.15, 0.2) is 12.1 Å². The molecular weight excluding hydrogens is 321 g/mol. The van der Waals surface area contributed by atoms with Gasteiger partial charge in [0.05, 0.1) is 20.8 Å². The summed E-state index contributed by atoms with van der Waals surface area (Å²) in [5.41, 5.74) is 7.36. The van der Waals surface area contributed by atoms with E-state index in [-0.39, 0.29) is 0 Å². The zero-order chi connectivity index (χ0) is 14.9. The zero-order valence-electron chi connectivity index (χ0n) is 11.1. The topological polar surface area (TPSA) is 53.1 Å². The van der Waals surface area contributed by atoms with Crippen LogP contribution in [-0.4, -0.2) is 9.78 Å². The number of nitrogens with zero attached hydrogens (tertiary/aromatic N) is 2. The van der Waals surface area contributed by atoms with Crippen LogP contribution < -0.4 is 10.5 Å². The Labute approximate surface area is 132 Å². The van der Waals surface area contributed by atoms with Gasteiger partial charge < -0.3 is 10.5 Å². The molecular formula is C13H14Cl3N3O. The van der Waals surface area contributed by atoms with E-state index in [1.165, 1.54) is 6.07 Å². The third-order valence-corrected chi connectivity index (χ3v) is 3.79. The zero-order valence-corrected chi connectivity index (χ0v) is 13.4. The predicted molar refractivity (Wildman–Crippen MR) is 83.2 cm³/mol. The van der Waals surface area contributed by atoms with E-state index in [1.54, 1.807) is 17.8 Å². The molecule has 108 valence electrons. The Balaban J connectivity index is 2.37. The van der Waals surface area contributed by atoms with Crippen LogP contribution >= 0.6 is 34.8 Å². The highest BCUT2D eigenvalue weighted by molar-refractivity contribution is 6.43. The lowest BCUT2D eigenvalue weighted by Crippen LogP contribution is -1.97. The molecule has 7 heteroatoms. The number of halogens is 3. The highest BCUT2D eigenvalue weighted by Gasteiger charge is 2.17. The van der Waals surface area contributed by atoms with Crippen molar-refractivity contribution in [3.05, 3.63) is 32.9 Å². The Bertz CT molecular complexity index is 640. The highest BCUT2D eigenvalue weighted by Crippen LogP contribution is 2.38. The molecule has 0 bridgehead atoms. The van der Waals surface area contributed by atoms with E-state index in [4.69, 9.17) is 45.3 Å². The van der Waals surface area contributed by atoms with Crippen molar-refractivity contribution in [2.75, 3.05) is 5.73 Å². The molecule has 0 unspecified atom stereocenters. The SMILES string of the molecule is CCCc1nn(C)c(Oc2cc(Cl)c(Cl)cc2Cl)c1N. The van der Waals surface area contributed by atoms with E-state index >= 15 is 0 Å². The second-order valence-corrected chi connectivity index (χ2v) is 5.56. The van der Waals surface area contributed by atoms with Gasteiger partial charge in [-0.1, -0.05) is 48.1 Å². The van der Waals surface area contributed by atoms with Crippen molar-refractivity contribution in [1.29, 1.82) is 0 Å². The van der Waals surface area contributed by atoms with Gasteiger partial charge in [0.15, 0.2) is 0 Å². The Morgan fingerprint density at radius 2 is 1.85 bits per heavy atom. The summed E-state index contributed by atoms with van der Waals surface area (Å²) < 4.78 is 7.32. The van der Waals surface area contributed by atoms with E-state index in [2.05, 4.69) is 12.0 Å². The van der Waals surface area contributed by atoms with Gasteiger partial charge in [-0.15, -0.1) is 0 Å². The normalized spacial score (nSPS) is 10.8. The first kappa shape index (κ1) is 15.3. The molecule has 2 aromatic rings. The molecule has 1 heterocycles. The molecule has 1 aromatic carbocycles. The van der Waals surface area contributed by atoms with Crippen LogP contribution in [0.2, 0.25) is 15.1 Å². The van der Waals surface area contributed by atoms with E-state index < -0.39 is 0 Å². The van der Waals surface area contributed by atoms with E-state index in [0.717, 1.165) is 18.5 Å². The number of nitrogens with two attached hydrogens (primary N) is 1. The third kappa shape index (κ3) is 2.97. The van der Waals surface area contributed by atoms with Gasteiger partial charge in [0.1, 0.15) is 11.4 Å². The molecule has 0 aliphatic rings. The first-order valence-electron chi connectivity index (χ1n) is 6.07. The number of rotatable bonds is 4. The second kappa shape index (κ2) is 6.12. The molecule has 0 aliphatic heterocycles. The van der Waals surface area contributed by atoms with E-state index in [0.29, 0.717) is 32.4 Å². The molecule has 4 nitrogen and oxygen atoms in total. The van der Waals surface area contributed by atoms with Gasteiger partial charge in [0.25, 0.3) is 0 Å². The highest BCUT2D eigenvalue weighted by atomic mass is 35.5. The fraction of sp³-hybridized carbons (Fsp3) is 0.308. The molecule has 0 atom stereocenters. The molecule has 0 saturated heterocycles. The minimum Gasteiger partial charge on any atom is -0.436 e. The molecule has 0 aliphatic carbocycles. The predicted octanol–water partition coefficient (Wildman–Crippen LogP) is 4.71. The minimum atomic E-state index is 0.358. The van der Waals surface area contributed by atoms with Gasteiger partial charge >= 0.3 is 0 Å². The van der Waals surface area contributed by atoms with Crippen LogP contribution in [0.1, 0.15) is 19.0 Å². The summed E-state index contributed by atoms with van der Waals surface area (Å²) in [6, 6.07) is 3.08. The maximum atomic E-state index is 6.09. The minimum absolute atomic E-state index is 0.358. The fourth-order valence-electron chi connectivity index (χ4n) is 1.81. The molecule has 0 amide bonds. The number of ether oxygens (including phenoxy) is 1. The number of hydrogen-bond donors (Lipinski definition) is 1. The lowest BCUT2D eigenvalue weighted by molar-refractivity contribution is 0.432. The molecule has 2 rings (SSSR count).